The number of nitrogens with zero attached hydrogens (tertiary/aromatic N) is 1. The van der Waals surface area contributed by atoms with Crippen molar-refractivity contribution in [2.24, 2.45) is 5.41 Å². The summed E-state index contributed by atoms with van der Waals surface area (Å²) in [5.41, 5.74) is 0.116. The van der Waals surface area contributed by atoms with Crippen LogP contribution in [0.2, 0.25) is 0 Å². The van der Waals surface area contributed by atoms with Gasteiger partial charge in [-0.05, 0) is 18.3 Å². The van der Waals surface area contributed by atoms with Gasteiger partial charge in [0.05, 0.1) is 6.10 Å². The van der Waals surface area contributed by atoms with Crippen LogP contribution in [0.25, 0.3) is 0 Å². The first kappa shape index (κ1) is 15.1. The minimum absolute atomic E-state index is 0.0967. The second-order valence-electron chi connectivity index (χ2n) is 6.43. The fourth-order valence-corrected chi connectivity index (χ4v) is 3.25. The van der Waals surface area contributed by atoms with Gasteiger partial charge < -0.3 is 20.4 Å². The third-order valence-electron chi connectivity index (χ3n) is 4.55. The molecule has 114 valence electrons. The molecular weight excluding hydrogens is 260 g/mol. The van der Waals surface area contributed by atoms with Crippen molar-refractivity contribution in [3.8, 4) is 0 Å². The molecule has 1 heterocycles. The zero-order valence-electron chi connectivity index (χ0n) is 12.0. The van der Waals surface area contributed by atoms with E-state index in [1.165, 1.54) is 24.2 Å². The molecule has 2 fully saturated rings. The first-order valence-corrected chi connectivity index (χ1v) is 7.37. The highest BCUT2D eigenvalue weighted by molar-refractivity contribution is 5.83. The summed E-state index contributed by atoms with van der Waals surface area (Å²) < 4.78 is 0. The van der Waals surface area contributed by atoms with Crippen LogP contribution in [0.3, 0.4) is 0 Å². The number of rotatable bonds is 3. The Hall–Kier alpha value is -1.30. The monoisotopic (exact) mass is 284 g/mol. The van der Waals surface area contributed by atoms with E-state index < -0.39 is 18.1 Å². The second-order valence-corrected chi connectivity index (χ2v) is 6.43. The molecule has 2 atom stereocenters. The quantitative estimate of drug-likeness (QED) is 0.726. The van der Waals surface area contributed by atoms with Crippen molar-refractivity contribution in [1.29, 1.82) is 0 Å². The van der Waals surface area contributed by atoms with Crippen LogP contribution in [-0.4, -0.2) is 52.3 Å². The zero-order valence-corrected chi connectivity index (χ0v) is 12.0. The number of likely N-dealkylation sites (tertiary alicyclic amines) is 1. The number of aliphatic carboxylic acids is 1. The summed E-state index contributed by atoms with van der Waals surface area (Å²) in [4.78, 5) is 24.5. The van der Waals surface area contributed by atoms with Crippen LogP contribution in [-0.2, 0) is 4.79 Å². The number of nitrogens with one attached hydrogen (secondary N) is 1. The normalized spacial score (nSPS) is 29.2. The Kier molecular flexibility index (Phi) is 4.52. The van der Waals surface area contributed by atoms with E-state index in [1.807, 2.05) is 0 Å². The van der Waals surface area contributed by atoms with Gasteiger partial charge in [0.25, 0.3) is 0 Å². The van der Waals surface area contributed by atoms with Crippen LogP contribution >= 0.6 is 0 Å². The van der Waals surface area contributed by atoms with Crippen molar-refractivity contribution in [2.45, 2.75) is 57.6 Å². The van der Waals surface area contributed by atoms with Gasteiger partial charge in [-0.15, -0.1) is 0 Å². The third-order valence-corrected chi connectivity index (χ3v) is 4.55. The first-order valence-electron chi connectivity index (χ1n) is 7.37. The van der Waals surface area contributed by atoms with Crippen LogP contribution in [0.15, 0.2) is 0 Å². The Bertz CT molecular complexity index is 379. The molecule has 0 aromatic carbocycles. The molecule has 0 bridgehead atoms. The van der Waals surface area contributed by atoms with Gasteiger partial charge in [0.2, 0.25) is 0 Å². The molecule has 1 aliphatic heterocycles. The molecule has 1 saturated carbocycles. The number of carbonyl (C=O) groups is 2. The van der Waals surface area contributed by atoms with Crippen LogP contribution in [0.1, 0.15) is 45.4 Å². The fourth-order valence-electron chi connectivity index (χ4n) is 3.25. The maximum atomic E-state index is 12.1. The van der Waals surface area contributed by atoms with Gasteiger partial charge in [0.1, 0.15) is 6.04 Å². The molecule has 0 spiro atoms. The van der Waals surface area contributed by atoms with E-state index in [0.29, 0.717) is 6.54 Å². The predicted molar refractivity (Wildman–Crippen MR) is 73.3 cm³/mol. The molecule has 1 aliphatic carbocycles. The summed E-state index contributed by atoms with van der Waals surface area (Å²) >= 11 is 0. The van der Waals surface area contributed by atoms with Crippen LogP contribution in [0.5, 0.6) is 0 Å². The van der Waals surface area contributed by atoms with E-state index in [1.54, 1.807) is 0 Å². The Morgan fingerprint density at radius 1 is 1.30 bits per heavy atom. The van der Waals surface area contributed by atoms with Crippen molar-refractivity contribution in [3.63, 3.8) is 0 Å². The largest absolute Gasteiger partial charge is 0.480 e. The molecule has 2 rings (SSSR count). The minimum atomic E-state index is -1.06. The molecule has 3 N–H and O–H groups in total. The molecule has 0 unspecified atom stereocenters. The van der Waals surface area contributed by atoms with Crippen LogP contribution in [0, 0.1) is 5.41 Å². The van der Waals surface area contributed by atoms with Gasteiger partial charge in [-0.3, -0.25) is 0 Å². The lowest BCUT2D eigenvalue weighted by Gasteiger charge is -2.34. The average molecular weight is 284 g/mol. The highest BCUT2D eigenvalue weighted by Crippen LogP contribution is 2.35. The number of aliphatic hydroxyl groups excluding tert-OH is 1. The zero-order chi connectivity index (χ0) is 14.8. The summed E-state index contributed by atoms with van der Waals surface area (Å²) in [6.45, 7) is 2.84. The van der Waals surface area contributed by atoms with Gasteiger partial charge in [0.15, 0.2) is 0 Å². The summed E-state index contributed by atoms with van der Waals surface area (Å²) in [5.74, 6) is -1.06. The van der Waals surface area contributed by atoms with E-state index in [2.05, 4.69) is 12.2 Å². The Morgan fingerprint density at radius 2 is 1.95 bits per heavy atom. The molecule has 2 amide bonds. The minimum Gasteiger partial charge on any atom is -0.480 e. The fraction of sp³-hybridized carbons (Fsp3) is 0.857. The maximum absolute atomic E-state index is 12.1. The van der Waals surface area contributed by atoms with E-state index >= 15 is 0 Å². The van der Waals surface area contributed by atoms with Crippen molar-refractivity contribution in [3.05, 3.63) is 0 Å². The van der Waals surface area contributed by atoms with E-state index in [-0.39, 0.29) is 24.4 Å². The molecule has 2 aliphatic rings. The van der Waals surface area contributed by atoms with Gasteiger partial charge >= 0.3 is 12.0 Å². The topological polar surface area (TPSA) is 89.9 Å². The van der Waals surface area contributed by atoms with Gasteiger partial charge in [-0.25, -0.2) is 9.59 Å². The number of carbonyl (C=O) groups excluding carboxylic acids is 1. The Balaban J connectivity index is 1.89. The number of carboxylic acids is 1. The van der Waals surface area contributed by atoms with Crippen LogP contribution in [0.4, 0.5) is 4.79 Å². The van der Waals surface area contributed by atoms with E-state index in [0.717, 1.165) is 12.8 Å². The number of urea groups is 1. The molecule has 0 aromatic heterocycles. The third kappa shape index (κ3) is 3.42. The molecule has 0 radical (unpaired) electrons. The van der Waals surface area contributed by atoms with Gasteiger partial charge in [-0.2, -0.15) is 0 Å². The van der Waals surface area contributed by atoms with Crippen molar-refractivity contribution in [2.75, 3.05) is 13.1 Å². The highest BCUT2D eigenvalue weighted by atomic mass is 16.4. The SMILES string of the molecule is CC1(CNC(=O)N2C[C@H](O)C[C@H]2C(=O)O)CCCCC1. The molecule has 20 heavy (non-hydrogen) atoms. The Morgan fingerprint density at radius 3 is 2.55 bits per heavy atom. The summed E-state index contributed by atoms with van der Waals surface area (Å²) in [6, 6.07) is -1.29. The lowest BCUT2D eigenvalue weighted by Crippen LogP contribution is -2.48. The Labute approximate surface area is 119 Å². The number of β-amino-alcohol motifs (C(OH)–C–C–N with tert-alkyl or cyclic N) is 1. The highest BCUT2D eigenvalue weighted by Gasteiger charge is 2.39. The summed E-state index contributed by atoms with van der Waals surface area (Å²) in [7, 11) is 0. The number of hydrogen-bond donors (Lipinski definition) is 3. The molecule has 6 heteroatoms. The predicted octanol–water partition coefficient (Wildman–Crippen LogP) is 1.19. The van der Waals surface area contributed by atoms with Crippen molar-refractivity contribution in [1.82, 2.24) is 10.2 Å². The molecule has 0 aromatic rings. The van der Waals surface area contributed by atoms with Crippen molar-refractivity contribution >= 4 is 12.0 Å². The maximum Gasteiger partial charge on any atom is 0.326 e. The number of carboxylic acid groups (broad SMARTS) is 1. The van der Waals surface area contributed by atoms with Crippen LogP contribution < -0.4 is 5.32 Å². The van der Waals surface area contributed by atoms with Gasteiger partial charge in [-0.1, -0.05) is 26.2 Å². The lowest BCUT2D eigenvalue weighted by molar-refractivity contribution is -0.141. The number of aliphatic hydroxyl groups is 1. The average Bonchev–Trinajstić information content (AvgIpc) is 2.79. The number of amides is 2. The number of hydrogen-bond acceptors (Lipinski definition) is 3. The standard InChI is InChI=1S/C14H24N2O4/c1-14(5-3-2-4-6-14)9-15-13(20)16-8-10(17)7-11(16)12(18)19/h10-11,17H,2-9H2,1H3,(H,15,20)(H,18,19)/t10-,11+/m1/s1. The van der Waals surface area contributed by atoms with E-state index in [9.17, 15) is 14.7 Å². The van der Waals surface area contributed by atoms with E-state index in [4.69, 9.17) is 5.11 Å². The smallest absolute Gasteiger partial charge is 0.326 e. The lowest BCUT2D eigenvalue weighted by atomic mass is 9.76. The molecule has 1 saturated heterocycles. The summed E-state index contributed by atoms with van der Waals surface area (Å²) in [5, 5.41) is 21.5. The molecular formula is C14H24N2O4. The van der Waals surface area contributed by atoms with Crippen molar-refractivity contribution < 1.29 is 19.8 Å². The summed E-state index contributed by atoms with van der Waals surface area (Å²) in [6.07, 6.45) is 5.19. The molecule has 6 nitrogen and oxygen atoms in total. The second kappa shape index (κ2) is 5.99. The van der Waals surface area contributed by atoms with Gasteiger partial charge in [0, 0.05) is 19.5 Å². The first-order chi connectivity index (χ1) is 9.41.